The van der Waals surface area contributed by atoms with Crippen molar-refractivity contribution in [2.24, 2.45) is 0 Å². The van der Waals surface area contributed by atoms with E-state index in [4.69, 9.17) is 0 Å². The van der Waals surface area contributed by atoms with Crippen molar-refractivity contribution in [3.8, 4) is 0 Å². The molecule has 0 bridgehead atoms. The van der Waals surface area contributed by atoms with Gasteiger partial charge in [-0.05, 0) is 5.56 Å². The lowest BCUT2D eigenvalue weighted by Crippen LogP contribution is -2.43. The van der Waals surface area contributed by atoms with Crippen LogP contribution in [0.25, 0.3) is 0 Å². The Morgan fingerprint density at radius 2 is 1.61 bits per heavy atom. The fraction of sp³-hybridized carbons (Fsp3) is 0.500. The molecule has 0 amide bonds. The fourth-order valence-electron chi connectivity index (χ4n) is 1.97. The highest BCUT2D eigenvalue weighted by molar-refractivity contribution is 7.97. The molecule has 2 nitrogen and oxygen atoms in total. The van der Waals surface area contributed by atoms with E-state index in [1.54, 1.807) is 0 Å². The Morgan fingerprint density at radius 3 is 2.17 bits per heavy atom. The number of rotatable bonds is 3. The summed E-state index contributed by atoms with van der Waals surface area (Å²) in [4.78, 5) is 2.18. The Labute approximate surface area is 109 Å². The number of halogens is 3. The van der Waals surface area contributed by atoms with E-state index in [1.165, 1.54) is 9.87 Å². The molecule has 1 aromatic rings. The van der Waals surface area contributed by atoms with Gasteiger partial charge in [0.25, 0.3) is 0 Å². The van der Waals surface area contributed by atoms with Gasteiger partial charge in [-0.2, -0.15) is 13.2 Å². The highest BCUT2D eigenvalue weighted by Gasteiger charge is 2.33. The molecule has 0 aromatic heterocycles. The molecule has 0 aliphatic carbocycles. The van der Waals surface area contributed by atoms with Gasteiger partial charge in [0, 0.05) is 44.7 Å². The predicted octanol–water partition coefficient (Wildman–Crippen LogP) is 2.97. The van der Waals surface area contributed by atoms with Gasteiger partial charge < -0.3 is 0 Å². The van der Waals surface area contributed by atoms with Gasteiger partial charge in [-0.3, -0.25) is 4.90 Å². The number of hydrogen-bond acceptors (Lipinski definition) is 3. The van der Waals surface area contributed by atoms with Crippen LogP contribution >= 0.6 is 11.9 Å². The highest BCUT2D eigenvalue weighted by Crippen LogP contribution is 2.33. The van der Waals surface area contributed by atoms with E-state index in [9.17, 15) is 13.2 Å². The molecule has 0 spiro atoms. The highest BCUT2D eigenvalue weighted by atomic mass is 32.2. The summed E-state index contributed by atoms with van der Waals surface area (Å²) in [5.41, 5.74) is -2.96. The first-order valence-electron chi connectivity index (χ1n) is 5.80. The van der Waals surface area contributed by atoms with Crippen molar-refractivity contribution in [1.29, 1.82) is 0 Å². The largest absolute Gasteiger partial charge is 0.456 e. The Balaban J connectivity index is 1.77. The average molecular weight is 276 g/mol. The second-order valence-electron chi connectivity index (χ2n) is 4.23. The summed E-state index contributed by atoms with van der Waals surface area (Å²) in [6.07, 6.45) is 0. The van der Waals surface area contributed by atoms with Crippen molar-refractivity contribution < 1.29 is 13.2 Å². The number of piperazine rings is 1. The van der Waals surface area contributed by atoms with Crippen LogP contribution in [0.3, 0.4) is 0 Å². The molecule has 0 N–H and O–H groups in total. The van der Waals surface area contributed by atoms with E-state index in [0.29, 0.717) is 26.2 Å². The van der Waals surface area contributed by atoms with Gasteiger partial charge in [0.2, 0.25) is 0 Å². The predicted molar refractivity (Wildman–Crippen MR) is 66.9 cm³/mol. The van der Waals surface area contributed by atoms with Crippen LogP contribution in [-0.4, -0.2) is 40.9 Å². The van der Waals surface area contributed by atoms with Crippen molar-refractivity contribution in [2.45, 2.75) is 12.1 Å². The van der Waals surface area contributed by atoms with Crippen molar-refractivity contribution in [2.75, 3.05) is 26.2 Å². The Kier molecular flexibility index (Phi) is 4.53. The van der Waals surface area contributed by atoms with Gasteiger partial charge in [0.15, 0.2) is 0 Å². The van der Waals surface area contributed by atoms with Gasteiger partial charge in [-0.25, -0.2) is 4.31 Å². The number of benzene rings is 1. The van der Waals surface area contributed by atoms with E-state index in [1.807, 2.05) is 30.3 Å². The van der Waals surface area contributed by atoms with Crippen LogP contribution in [-0.2, 0) is 6.54 Å². The summed E-state index contributed by atoms with van der Waals surface area (Å²) in [5.74, 6) is 0. The first-order valence-corrected chi connectivity index (χ1v) is 6.57. The molecule has 0 unspecified atom stereocenters. The van der Waals surface area contributed by atoms with Crippen molar-refractivity contribution in [1.82, 2.24) is 9.21 Å². The molecule has 1 aromatic carbocycles. The van der Waals surface area contributed by atoms with Crippen LogP contribution in [0.15, 0.2) is 30.3 Å². The molecule has 1 heterocycles. The SMILES string of the molecule is FC(F)(F)SN1CCN(Cc2ccccc2)CC1. The monoisotopic (exact) mass is 276 g/mol. The van der Waals surface area contributed by atoms with Crippen molar-refractivity contribution >= 4 is 11.9 Å². The zero-order valence-corrected chi connectivity index (χ0v) is 10.7. The molecular weight excluding hydrogens is 261 g/mol. The van der Waals surface area contributed by atoms with E-state index in [-0.39, 0.29) is 11.9 Å². The van der Waals surface area contributed by atoms with Crippen LogP contribution in [0.5, 0.6) is 0 Å². The molecule has 0 atom stereocenters. The van der Waals surface area contributed by atoms with Gasteiger partial charge in [-0.15, -0.1) is 0 Å². The molecule has 0 saturated carbocycles. The summed E-state index contributed by atoms with van der Waals surface area (Å²) in [5, 5.41) is 0. The normalized spacial score (nSPS) is 19.1. The van der Waals surface area contributed by atoms with Crippen LogP contribution < -0.4 is 0 Å². The summed E-state index contributed by atoms with van der Waals surface area (Å²) >= 11 is -0.00731. The first-order chi connectivity index (χ1) is 8.53. The number of alkyl halides is 3. The molecule has 100 valence electrons. The van der Waals surface area contributed by atoms with Crippen molar-refractivity contribution in [3.63, 3.8) is 0 Å². The van der Waals surface area contributed by atoms with Gasteiger partial charge >= 0.3 is 5.51 Å². The smallest absolute Gasteiger partial charge is 0.296 e. The third-order valence-electron chi connectivity index (χ3n) is 2.81. The summed E-state index contributed by atoms with van der Waals surface area (Å²) in [6, 6.07) is 9.99. The molecule has 1 aliphatic heterocycles. The standard InChI is InChI=1S/C12H15F3N2S/c13-12(14,15)18-17-8-6-16(7-9-17)10-11-4-2-1-3-5-11/h1-5H,6-10H2. The maximum Gasteiger partial charge on any atom is 0.456 e. The summed E-state index contributed by atoms with van der Waals surface area (Å²) in [6.45, 7) is 3.08. The average Bonchev–Trinajstić information content (AvgIpc) is 2.31. The minimum atomic E-state index is -4.17. The third-order valence-corrected chi connectivity index (χ3v) is 3.64. The Hall–Kier alpha value is -0.720. The summed E-state index contributed by atoms with van der Waals surface area (Å²) in [7, 11) is 0. The fourth-order valence-corrected chi connectivity index (χ4v) is 2.61. The lowest BCUT2D eigenvalue weighted by atomic mass is 10.2. The van der Waals surface area contributed by atoms with Gasteiger partial charge in [0.05, 0.1) is 0 Å². The van der Waals surface area contributed by atoms with Crippen LogP contribution in [0.4, 0.5) is 13.2 Å². The number of hydrogen-bond donors (Lipinski definition) is 0. The molecule has 1 aliphatic rings. The number of nitrogens with zero attached hydrogens (tertiary/aromatic N) is 2. The van der Waals surface area contributed by atoms with Gasteiger partial charge in [-0.1, -0.05) is 30.3 Å². The molecular formula is C12H15F3N2S. The maximum atomic E-state index is 12.2. The zero-order valence-electron chi connectivity index (χ0n) is 9.86. The van der Waals surface area contributed by atoms with Crippen LogP contribution in [0.2, 0.25) is 0 Å². The topological polar surface area (TPSA) is 6.48 Å². The summed E-state index contributed by atoms with van der Waals surface area (Å²) < 4.78 is 38.0. The zero-order chi connectivity index (χ0) is 13.0. The van der Waals surface area contributed by atoms with Gasteiger partial charge in [0.1, 0.15) is 0 Å². The van der Waals surface area contributed by atoms with E-state index >= 15 is 0 Å². The maximum absolute atomic E-state index is 12.2. The van der Waals surface area contributed by atoms with Crippen LogP contribution in [0.1, 0.15) is 5.56 Å². The molecule has 2 rings (SSSR count). The second-order valence-corrected chi connectivity index (χ2v) is 5.39. The molecule has 1 saturated heterocycles. The lowest BCUT2D eigenvalue weighted by Gasteiger charge is -2.33. The molecule has 6 heteroatoms. The molecule has 18 heavy (non-hydrogen) atoms. The first kappa shape index (κ1) is 13.7. The quantitative estimate of drug-likeness (QED) is 0.784. The molecule has 1 fully saturated rings. The van der Waals surface area contributed by atoms with E-state index in [0.717, 1.165) is 6.54 Å². The third kappa shape index (κ3) is 4.51. The van der Waals surface area contributed by atoms with E-state index in [2.05, 4.69) is 4.90 Å². The minimum Gasteiger partial charge on any atom is -0.296 e. The Bertz CT molecular complexity index is 361. The lowest BCUT2D eigenvalue weighted by molar-refractivity contribution is -0.0370. The Morgan fingerprint density at radius 1 is 1.00 bits per heavy atom. The minimum absolute atomic E-state index is 0.00731. The molecule has 0 radical (unpaired) electrons. The van der Waals surface area contributed by atoms with E-state index < -0.39 is 5.51 Å². The second kappa shape index (κ2) is 5.95. The van der Waals surface area contributed by atoms with Crippen LogP contribution in [0, 0.1) is 0 Å². The van der Waals surface area contributed by atoms with Crippen molar-refractivity contribution in [3.05, 3.63) is 35.9 Å².